The van der Waals surface area contributed by atoms with Gasteiger partial charge in [0.1, 0.15) is 18.7 Å². The van der Waals surface area contributed by atoms with E-state index in [0.29, 0.717) is 18.2 Å². The fourth-order valence-corrected chi connectivity index (χ4v) is 1.70. The molecule has 0 unspecified atom stereocenters. The summed E-state index contributed by atoms with van der Waals surface area (Å²) in [5, 5.41) is 0.795. The second-order valence-electron chi connectivity index (χ2n) is 3.82. The molecule has 0 aliphatic rings. The van der Waals surface area contributed by atoms with Gasteiger partial charge in [0.25, 0.3) is 0 Å². The number of nitrogens with zero attached hydrogens (tertiary/aromatic N) is 2. The monoisotopic (exact) mass is 241 g/mol. The molecule has 1 aromatic carbocycles. The van der Waals surface area contributed by atoms with E-state index in [1.54, 1.807) is 18.4 Å². The molecule has 5 nitrogen and oxygen atoms in total. The molecule has 3 rings (SSSR count). The molecule has 0 bridgehead atoms. The van der Waals surface area contributed by atoms with Crippen LogP contribution in [0.2, 0.25) is 0 Å². The number of rotatable bonds is 3. The Morgan fingerprint density at radius 3 is 3.00 bits per heavy atom. The maximum atomic E-state index is 5.75. The molecule has 0 saturated heterocycles. The minimum absolute atomic E-state index is 0.327. The zero-order chi connectivity index (χ0) is 12.4. The minimum atomic E-state index is 0.327. The van der Waals surface area contributed by atoms with Crippen LogP contribution in [-0.4, -0.2) is 9.97 Å². The molecule has 0 aliphatic carbocycles. The van der Waals surface area contributed by atoms with Gasteiger partial charge in [-0.3, -0.25) is 0 Å². The van der Waals surface area contributed by atoms with Crippen molar-refractivity contribution in [3.05, 3.63) is 48.7 Å². The number of ether oxygens (including phenoxy) is 1. The molecule has 3 aromatic rings. The molecular formula is C13H11N3O2. The lowest BCUT2D eigenvalue weighted by Crippen LogP contribution is -1.98. The Balaban J connectivity index is 1.93. The van der Waals surface area contributed by atoms with Crippen molar-refractivity contribution >= 4 is 16.6 Å². The van der Waals surface area contributed by atoms with Crippen molar-refractivity contribution in [1.29, 1.82) is 0 Å². The Labute approximate surface area is 103 Å². The van der Waals surface area contributed by atoms with Gasteiger partial charge in [0.15, 0.2) is 0 Å². The van der Waals surface area contributed by atoms with Gasteiger partial charge in [-0.25, -0.2) is 9.97 Å². The molecule has 2 aromatic heterocycles. The predicted octanol–water partition coefficient (Wildman–Crippen LogP) is 2.38. The summed E-state index contributed by atoms with van der Waals surface area (Å²) in [5.74, 6) is 1.24. The average molecular weight is 241 g/mol. The van der Waals surface area contributed by atoms with E-state index in [1.807, 2.05) is 18.2 Å². The minimum Gasteiger partial charge on any atom is -0.469 e. The van der Waals surface area contributed by atoms with E-state index in [1.165, 1.54) is 6.33 Å². The van der Waals surface area contributed by atoms with E-state index in [2.05, 4.69) is 9.97 Å². The molecule has 2 heterocycles. The van der Waals surface area contributed by atoms with Crippen LogP contribution in [-0.2, 0) is 6.61 Å². The molecule has 0 radical (unpaired) electrons. The Morgan fingerprint density at radius 1 is 1.22 bits per heavy atom. The van der Waals surface area contributed by atoms with Crippen LogP contribution in [0.5, 0.6) is 5.88 Å². The standard InChI is InChI=1S/C13H11N3O2/c14-9-3-4-12-11(6-9)13(16-8-15-12)18-7-10-2-1-5-17-10/h1-6,8H,7,14H2. The molecule has 0 atom stereocenters. The van der Waals surface area contributed by atoms with Crippen LogP contribution in [0.3, 0.4) is 0 Å². The lowest BCUT2D eigenvalue weighted by molar-refractivity contribution is 0.263. The van der Waals surface area contributed by atoms with Crippen LogP contribution in [0.1, 0.15) is 5.76 Å². The highest BCUT2D eigenvalue weighted by molar-refractivity contribution is 5.86. The molecule has 0 fully saturated rings. The molecule has 2 N–H and O–H groups in total. The van der Waals surface area contributed by atoms with Crippen LogP contribution in [0.4, 0.5) is 5.69 Å². The van der Waals surface area contributed by atoms with Crippen LogP contribution >= 0.6 is 0 Å². The lowest BCUT2D eigenvalue weighted by atomic mass is 10.2. The zero-order valence-corrected chi connectivity index (χ0v) is 9.54. The SMILES string of the molecule is Nc1ccc2ncnc(OCc3ccco3)c2c1. The first-order valence-electron chi connectivity index (χ1n) is 5.48. The highest BCUT2D eigenvalue weighted by Crippen LogP contribution is 2.24. The third-order valence-electron chi connectivity index (χ3n) is 2.55. The molecule has 0 saturated carbocycles. The third kappa shape index (κ3) is 1.98. The molecular weight excluding hydrogens is 230 g/mol. The van der Waals surface area contributed by atoms with E-state index in [0.717, 1.165) is 16.7 Å². The van der Waals surface area contributed by atoms with Gasteiger partial charge in [0.05, 0.1) is 17.2 Å². The number of hydrogen-bond donors (Lipinski definition) is 1. The maximum Gasteiger partial charge on any atom is 0.224 e. The van der Waals surface area contributed by atoms with E-state index in [4.69, 9.17) is 14.9 Å². The number of hydrogen-bond acceptors (Lipinski definition) is 5. The number of nitrogens with two attached hydrogens (primary N) is 1. The topological polar surface area (TPSA) is 74.2 Å². The van der Waals surface area contributed by atoms with Crippen LogP contribution < -0.4 is 10.5 Å². The van der Waals surface area contributed by atoms with E-state index < -0.39 is 0 Å². The van der Waals surface area contributed by atoms with Gasteiger partial charge < -0.3 is 14.9 Å². The summed E-state index contributed by atoms with van der Waals surface area (Å²) in [6.45, 7) is 0.327. The number of fused-ring (bicyclic) bond motifs is 1. The van der Waals surface area contributed by atoms with Gasteiger partial charge in [-0.15, -0.1) is 0 Å². The largest absolute Gasteiger partial charge is 0.469 e. The first kappa shape index (κ1) is 10.6. The highest BCUT2D eigenvalue weighted by atomic mass is 16.5. The van der Waals surface area contributed by atoms with E-state index in [-0.39, 0.29) is 0 Å². The van der Waals surface area contributed by atoms with Gasteiger partial charge in [0.2, 0.25) is 5.88 Å². The molecule has 18 heavy (non-hydrogen) atoms. The summed E-state index contributed by atoms with van der Waals surface area (Å²) in [4.78, 5) is 8.27. The van der Waals surface area contributed by atoms with Gasteiger partial charge >= 0.3 is 0 Å². The Kier molecular flexibility index (Phi) is 2.57. The molecule has 5 heteroatoms. The molecule has 90 valence electrons. The van der Waals surface area contributed by atoms with Gasteiger partial charge in [-0.1, -0.05) is 0 Å². The highest BCUT2D eigenvalue weighted by Gasteiger charge is 2.06. The fourth-order valence-electron chi connectivity index (χ4n) is 1.70. The van der Waals surface area contributed by atoms with Crippen molar-refractivity contribution in [2.75, 3.05) is 5.73 Å². The third-order valence-corrected chi connectivity index (χ3v) is 2.55. The number of aromatic nitrogens is 2. The van der Waals surface area contributed by atoms with E-state index in [9.17, 15) is 0 Å². The predicted molar refractivity (Wildman–Crippen MR) is 67.0 cm³/mol. The van der Waals surface area contributed by atoms with Crippen LogP contribution in [0, 0.1) is 0 Å². The number of furan rings is 1. The summed E-state index contributed by atoms with van der Waals surface area (Å²) in [6.07, 6.45) is 3.07. The Bertz CT molecular complexity index is 665. The first-order chi connectivity index (χ1) is 8.83. The van der Waals surface area contributed by atoms with E-state index >= 15 is 0 Å². The van der Waals surface area contributed by atoms with Crippen molar-refractivity contribution < 1.29 is 9.15 Å². The van der Waals surface area contributed by atoms with Crippen molar-refractivity contribution in [3.63, 3.8) is 0 Å². The summed E-state index contributed by atoms with van der Waals surface area (Å²) in [7, 11) is 0. The number of benzene rings is 1. The van der Waals surface area contributed by atoms with Gasteiger partial charge in [-0.05, 0) is 30.3 Å². The maximum absolute atomic E-state index is 5.75. The number of nitrogen functional groups attached to an aromatic ring is 1. The normalized spacial score (nSPS) is 10.7. The van der Waals surface area contributed by atoms with Crippen molar-refractivity contribution in [2.24, 2.45) is 0 Å². The second-order valence-corrected chi connectivity index (χ2v) is 3.82. The Hall–Kier alpha value is -2.56. The van der Waals surface area contributed by atoms with Crippen molar-refractivity contribution in [3.8, 4) is 5.88 Å². The average Bonchev–Trinajstić information content (AvgIpc) is 2.89. The first-order valence-corrected chi connectivity index (χ1v) is 5.48. The smallest absolute Gasteiger partial charge is 0.224 e. The van der Waals surface area contributed by atoms with Crippen molar-refractivity contribution in [1.82, 2.24) is 9.97 Å². The molecule has 0 spiro atoms. The van der Waals surface area contributed by atoms with Gasteiger partial charge in [-0.2, -0.15) is 0 Å². The lowest BCUT2D eigenvalue weighted by Gasteiger charge is -2.06. The Morgan fingerprint density at radius 2 is 2.17 bits per heavy atom. The summed E-state index contributed by atoms with van der Waals surface area (Å²) in [6, 6.07) is 9.09. The molecule has 0 amide bonds. The van der Waals surface area contributed by atoms with Crippen LogP contribution in [0.25, 0.3) is 10.9 Å². The van der Waals surface area contributed by atoms with Gasteiger partial charge in [0, 0.05) is 5.69 Å². The summed E-state index contributed by atoms with van der Waals surface area (Å²) >= 11 is 0. The fraction of sp³-hybridized carbons (Fsp3) is 0.0769. The summed E-state index contributed by atoms with van der Waals surface area (Å²) in [5.41, 5.74) is 7.21. The molecule has 0 aliphatic heterocycles. The van der Waals surface area contributed by atoms with Crippen molar-refractivity contribution in [2.45, 2.75) is 6.61 Å². The summed E-state index contributed by atoms with van der Waals surface area (Å²) < 4.78 is 10.8. The quantitative estimate of drug-likeness (QED) is 0.712. The second kappa shape index (κ2) is 4.37. The number of anilines is 1. The zero-order valence-electron chi connectivity index (χ0n) is 9.54. The van der Waals surface area contributed by atoms with Crippen LogP contribution in [0.15, 0.2) is 47.3 Å².